The van der Waals surface area contributed by atoms with E-state index in [2.05, 4.69) is 5.92 Å². The van der Waals surface area contributed by atoms with Crippen LogP contribution in [0.2, 0.25) is 0 Å². The third kappa shape index (κ3) is 9.52. The summed E-state index contributed by atoms with van der Waals surface area (Å²) in [6.07, 6.45) is 11.5. The highest BCUT2D eigenvalue weighted by Crippen LogP contribution is 2.06. The Hall–Kier alpha value is -0.480. The van der Waals surface area contributed by atoms with Gasteiger partial charge in [0, 0.05) is 6.42 Å². The number of hydrogen-bond acceptors (Lipinski definition) is 1. The van der Waals surface area contributed by atoms with Gasteiger partial charge in [-0.15, -0.1) is 12.3 Å². The molecule has 0 aliphatic carbocycles. The SMILES string of the molecule is C#CCCCCCCC(C)O. The van der Waals surface area contributed by atoms with Crippen LogP contribution in [0.4, 0.5) is 0 Å². The summed E-state index contributed by atoms with van der Waals surface area (Å²) in [5, 5.41) is 8.92. The minimum Gasteiger partial charge on any atom is -0.393 e. The number of aliphatic hydroxyl groups excluding tert-OH is 1. The van der Waals surface area contributed by atoms with Crippen molar-refractivity contribution in [3.63, 3.8) is 0 Å². The Morgan fingerprint density at radius 1 is 1.27 bits per heavy atom. The third-order valence-corrected chi connectivity index (χ3v) is 1.69. The van der Waals surface area contributed by atoms with Crippen molar-refractivity contribution < 1.29 is 5.11 Å². The highest BCUT2D eigenvalue weighted by Gasteiger charge is 1.94. The molecule has 64 valence electrons. The number of aliphatic hydroxyl groups is 1. The molecule has 1 unspecified atom stereocenters. The second-order valence-electron chi connectivity index (χ2n) is 3.01. The van der Waals surface area contributed by atoms with Gasteiger partial charge in [-0.3, -0.25) is 0 Å². The Balaban J connectivity index is 2.86. The zero-order chi connectivity index (χ0) is 8.53. The second-order valence-corrected chi connectivity index (χ2v) is 3.01. The van der Waals surface area contributed by atoms with Crippen LogP contribution in [0.25, 0.3) is 0 Å². The lowest BCUT2D eigenvalue weighted by Crippen LogP contribution is -1.97. The van der Waals surface area contributed by atoms with E-state index in [-0.39, 0.29) is 6.10 Å². The maximum atomic E-state index is 8.92. The molecule has 1 atom stereocenters. The largest absolute Gasteiger partial charge is 0.393 e. The Labute approximate surface area is 69.8 Å². The summed E-state index contributed by atoms with van der Waals surface area (Å²) in [6, 6.07) is 0. The van der Waals surface area contributed by atoms with Crippen LogP contribution in [-0.4, -0.2) is 11.2 Å². The molecule has 1 nitrogen and oxygen atoms in total. The normalized spacial score (nSPS) is 12.5. The molecule has 0 aromatic rings. The fourth-order valence-corrected chi connectivity index (χ4v) is 1.02. The number of terminal acetylenes is 1. The van der Waals surface area contributed by atoms with Gasteiger partial charge in [0.05, 0.1) is 6.10 Å². The van der Waals surface area contributed by atoms with Crippen molar-refractivity contribution in [2.24, 2.45) is 0 Å². The van der Waals surface area contributed by atoms with E-state index >= 15 is 0 Å². The van der Waals surface area contributed by atoms with E-state index in [1.807, 2.05) is 6.92 Å². The maximum absolute atomic E-state index is 8.92. The molecule has 11 heavy (non-hydrogen) atoms. The summed E-state index contributed by atoms with van der Waals surface area (Å²) in [7, 11) is 0. The van der Waals surface area contributed by atoms with Gasteiger partial charge in [0.1, 0.15) is 0 Å². The third-order valence-electron chi connectivity index (χ3n) is 1.69. The maximum Gasteiger partial charge on any atom is 0.0512 e. The molecule has 0 aliphatic heterocycles. The van der Waals surface area contributed by atoms with Crippen molar-refractivity contribution >= 4 is 0 Å². The van der Waals surface area contributed by atoms with E-state index in [0.717, 1.165) is 25.7 Å². The molecule has 1 heteroatoms. The standard InChI is InChI=1S/C10H18O/c1-3-4-5-6-7-8-9-10(2)11/h1,10-11H,4-9H2,2H3. The van der Waals surface area contributed by atoms with Crippen molar-refractivity contribution in [1.82, 2.24) is 0 Å². The highest BCUT2D eigenvalue weighted by atomic mass is 16.3. The molecule has 0 aliphatic rings. The van der Waals surface area contributed by atoms with Gasteiger partial charge < -0.3 is 5.11 Å². The molecular formula is C10H18O. The minimum atomic E-state index is -0.136. The molecule has 0 amide bonds. The zero-order valence-corrected chi connectivity index (χ0v) is 7.34. The summed E-state index contributed by atoms with van der Waals surface area (Å²) in [5.74, 6) is 2.62. The Bertz CT molecular complexity index is 111. The van der Waals surface area contributed by atoms with E-state index in [4.69, 9.17) is 11.5 Å². The monoisotopic (exact) mass is 154 g/mol. The van der Waals surface area contributed by atoms with Crippen LogP contribution < -0.4 is 0 Å². The Morgan fingerprint density at radius 3 is 2.45 bits per heavy atom. The second kappa shape index (κ2) is 7.63. The lowest BCUT2D eigenvalue weighted by molar-refractivity contribution is 0.180. The van der Waals surface area contributed by atoms with Crippen molar-refractivity contribution in [3.05, 3.63) is 0 Å². The van der Waals surface area contributed by atoms with Crippen molar-refractivity contribution in [2.45, 2.75) is 51.6 Å². The molecule has 1 N–H and O–H groups in total. The van der Waals surface area contributed by atoms with Gasteiger partial charge in [-0.05, 0) is 19.8 Å². The van der Waals surface area contributed by atoms with Gasteiger partial charge >= 0.3 is 0 Å². The van der Waals surface area contributed by atoms with Crippen LogP contribution in [0.3, 0.4) is 0 Å². The van der Waals surface area contributed by atoms with Crippen LogP contribution in [0.1, 0.15) is 45.4 Å². The fourth-order valence-electron chi connectivity index (χ4n) is 1.02. The van der Waals surface area contributed by atoms with Crippen LogP contribution in [0.15, 0.2) is 0 Å². The highest BCUT2D eigenvalue weighted by molar-refractivity contribution is 4.82. The lowest BCUT2D eigenvalue weighted by Gasteiger charge is -2.02. The Kier molecular flexibility index (Phi) is 7.29. The molecule has 0 rings (SSSR count). The first kappa shape index (κ1) is 10.5. The molecule has 0 heterocycles. The molecular weight excluding hydrogens is 136 g/mol. The summed E-state index contributed by atoms with van der Waals surface area (Å²) in [4.78, 5) is 0. The molecule has 0 bridgehead atoms. The molecule has 0 spiro atoms. The summed E-state index contributed by atoms with van der Waals surface area (Å²) >= 11 is 0. The smallest absolute Gasteiger partial charge is 0.0512 e. The van der Waals surface area contributed by atoms with Crippen LogP contribution in [0.5, 0.6) is 0 Å². The van der Waals surface area contributed by atoms with Gasteiger partial charge in [-0.1, -0.05) is 19.3 Å². The average molecular weight is 154 g/mol. The quantitative estimate of drug-likeness (QED) is 0.460. The molecule has 0 saturated carbocycles. The lowest BCUT2D eigenvalue weighted by atomic mass is 10.1. The number of hydrogen-bond donors (Lipinski definition) is 1. The fraction of sp³-hybridized carbons (Fsp3) is 0.800. The summed E-state index contributed by atoms with van der Waals surface area (Å²) in [5.41, 5.74) is 0. The predicted octanol–water partition coefficient (Wildman–Crippen LogP) is 2.34. The molecule has 0 radical (unpaired) electrons. The minimum absolute atomic E-state index is 0.136. The summed E-state index contributed by atoms with van der Waals surface area (Å²) in [6.45, 7) is 1.83. The molecule has 0 aromatic heterocycles. The Morgan fingerprint density at radius 2 is 1.91 bits per heavy atom. The zero-order valence-electron chi connectivity index (χ0n) is 7.34. The van der Waals surface area contributed by atoms with E-state index in [9.17, 15) is 0 Å². The molecule has 0 fully saturated rings. The van der Waals surface area contributed by atoms with Crippen molar-refractivity contribution in [2.75, 3.05) is 0 Å². The van der Waals surface area contributed by atoms with E-state index in [1.54, 1.807) is 0 Å². The van der Waals surface area contributed by atoms with Crippen LogP contribution >= 0.6 is 0 Å². The topological polar surface area (TPSA) is 20.2 Å². The first-order valence-corrected chi connectivity index (χ1v) is 4.39. The predicted molar refractivity (Wildman–Crippen MR) is 48.2 cm³/mol. The van der Waals surface area contributed by atoms with E-state index < -0.39 is 0 Å². The first-order valence-electron chi connectivity index (χ1n) is 4.39. The van der Waals surface area contributed by atoms with Gasteiger partial charge in [0.2, 0.25) is 0 Å². The van der Waals surface area contributed by atoms with Gasteiger partial charge in [-0.2, -0.15) is 0 Å². The van der Waals surface area contributed by atoms with Gasteiger partial charge in [0.25, 0.3) is 0 Å². The number of unbranched alkanes of at least 4 members (excludes halogenated alkanes) is 4. The first-order chi connectivity index (χ1) is 5.27. The van der Waals surface area contributed by atoms with E-state index in [0.29, 0.717) is 0 Å². The molecule has 0 saturated heterocycles. The summed E-state index contributed by atoms with van der Waals surface area (Å²) < 4.78 is 0. The van der Waals surface area contributed by atoms with E-state index in [1.165, 1.54) is 12.8 Å². The van der Waals surface area contributed by atoms with Crippen LogP contribution in [0, 0.1) is 12.3 Å². The van der Waals surface area contributed by atoms with Crippen molar-refractivity contribution in [3.8, 4) is 12.3 Å². The average Bonchev–Trinajstić information content (AvgIpc) is 1.96. The van der Waals surface area contributed by atoms with Gasteiger partial charge in [-0.25, -0.2) is 0 Å². The molecule has 0 aromatic carbocycles. The number of rotatable bonds is 6. The van der Waals surface area contributed by atoms with Crippen molar-refractivity contribution in [1.29, 1.82) is 0 Å². The van der Waals surface area contributed by atoms with Crippen LogP contribution in [-0.2, 0) is 0 Å². The van der Waals surface area contributed by atoms with Gasteiger partial charge in [0.15, 0.2) is 0 Å².